The molecule has 0 radical (unpaired) electrons. The Labute approximate surface area is 129 Å². The van der Waals surface area contributed by atoms with Crippen molar-refractivity contribution in [3.8, 4) is 0 Å². The van der Waals surface area contributed by atoms with Crippen molar-refractivity contribution in [2.24, 2.45) is 5.41 Å². The lowest BCUT2D eigenvalue weighted by molar-refractivity contribution is 0.475. The van der Waals surface area contributed by atoms with Crippen LogP contribution in [0, 0.1) is 12.3 Å². The van der Waals surface area contributed by atoms with Crippen molar-refractivity contribution < 1.29 is 8.42 Å². The number of hydrogen-bond donors (Lipinski definition) is 2. The number of benzene rings is 1. The first-order valence-corrected chi connectivity index (χ1v) is 8.97. The van der Waals surface area contributed by atoms with Crippen LogP contribution in [0.1, 0.15) is 31.7 Å². The summed E-state index contributed by atoms with van der Waals surface area (Å²) in [6, 6.07) is 6.48. The van der Waals surface area contributed by atoms with Gasteiger partial charge in [0, 0.05) is 17.6 Å². The minimum absolute atomic E-state index is 0.153. The first-order chi connectivity index (χ1) is 10.4. The number of aromatic nitrogens is 1. The normalized spacial score (nSPS) is 16.8. The first-order valence-electron chi connectivity index (χ1n) is 7.49. The van der Waals surface area contributed by atoms with Crippen LogP contribution < -0.4 is 10.3 Å². The Hall–Kier alpha value is -1.66. The molecule has 6 heteroatoms. The molecule has 3 rings (SSSR count). The van der Waals surface area contributed by atoms with Gasteiger partial charge in [0.25, 0.3) is 5.56 Å². The van der Waals surface area contributed by atoms with E-state index in [1.165, 1.54) is 6.07 Å². The van der Waals surface area contributed by atoms with Crippen LogP contribution in [-0.2, 0) is 10.0 Å². The molecule has 5 nitrogen and oxygen atoms in total. The van der Waals surface area contributed by atoms with Crippen molar-refractivity contribution in [2.45, 2.75) is 38.0 Å². The van der Waals surface area contributed by atoms with Crippen molar-refractivity contribution in [1.29, 1.82) is 0 Å². The molecule has 118 valence electrons. The maximum absolute atomic E-state index is 12.4. The van der Waals surface area contributed by atoms with Gasteiger partial charge >= 0.3 is 0 Å². The molecule has 0 bridgehead atoms. The molecule has 1 aromatic heterocycles. The van der Waals surface area contributed by atoms with E-state index in [0.29, 0.717) is 17.6 Å². The summed E-state index contributed by atoms with van der Waals surface area (Å²) in [5.74, 6) is 0. The smallest absolute Gasteiger partial charge is 0.251 e. The molecule has 0 amide bonds. The van der Waals surface area contributed by atoms with Gasteiger partial charge in [0.1, 0.15) is 0 Å². The average Bonchev–Trinajstić information content (AvgIpc) is 3.27. The molecule has 0 saturated heterocycles. The molecule has 2 N–H and O–H groups in total. The fourth-order valence-electron chi connectivity index (χ4n) is 2.62. The zero-order valence-electron chi connectivity index (χ0n) is 12.8. The van der Waals surface area contributed by atoms with E-state index in [4.69, 9.17) is 0 Å². The van der Waals surface area contributed by atoms with Gasteiger partial charge in [-0.3, -0.25) is 4.79 Å². The summed E-state index contributed by atoms with van der Waals surface area (Å²) in [4.78, 5) is 14.6. The van der Waals surface area contributed by atoms with E-state index in [0.717, 1.165) is 24.6 Å². The van der Waals surface area contributed by atoms with Crippen LogP contribution in [0.5, 0.6) is 0 Å². The lowest BCUT2D eigenvalue weighted by atomic mass is 10.1. The Bertz CT molecular complexity index is 880. The van der Waals surface area contributed by atoms with E-state index in [1.807, 2.05) is 0 Å². The molecule has 0 atom stereocenters. The van der Waals surface area contributed by atoms with E-state index in [2.05, 4.69) is 16.6 Å². The van der Waals surface area contributed by atoms with Crippen LogP contribution in [0.3, 0.4) is 0 Å². The van der Waals surface area contributed by atoms with Crippen molar-refractivity contribution >= 4 is 20.9 Å². The third-order valence-electron chi connectivity index (χ3n) is 4.66. The highest BCUT2D eigenvalue weighted by molar-refractivity contribution is 7.89. The van der Waals surface area contributed by atoms with Gasteiger partial charge in [-0.2, -0.15) is 0 Å². The third kappa shape index (κ3) is 2.80. The predicted molar refractivity (Wildman–Crippen MR) is 86.5 cm³/mol. The number of sulfonamides is 1. The van der Waals surface area contributed by atoms with Crippen LogP contribution >= 0.6 is 0 Å². The highest BCUT2D eigenvalue weighted by Crippen LogP contribution is 2.48. The second kappa shape index (κ2) is 5.21. The maximum atomic E-state index is 12.4. The summed E-state index contributed by atoms with van der Waals surface area (Å²) in [5.41, 5.74) is 1.21. The van der Waals surface area contributed by atoms with Crippen molar-refractivity contribution in [2.75, 3.05) is 6.54 Å². The van der Waals surface area contributed by atoms with Crippen LogP contribution in [-0.4, -0.2) is 19.9 Å². The Morgan fingerprint density at radius 3 is 2.64 bits per heavy atom. The van der Waals surface area contributed by atoms with Gasteiger partial charge in [0.05, 0.1) is 4.90 Å². The SMILES string of the molecule is CCC1(CNS(=O)(=O)c2ccc3[nH]c(=O)c(C)cc3c2)CC1. The fraction of sp³-hybridized carbons (Fsp3) is 0.438. The fourth-order valence-corrected chi connectivity index (χ4v) is 3.82. The minimum atomic E-state index is -3.52. The van der Waals surface area contributed by atoms with E-state index < -0.39 is 10.0 Å². The highest BCUT2D eigenvalue weighted by atomic mass is 32.2. The molecule has 0 aliphatic heterocycles. The minimum Gasteiger partial charge on any atom is -0.322 e. The number of rotatable bonds is 5. The molecule has 1 aromatic carbocycles. The Morgan fingerprint density at radius 1 is 1.27 bits per heavy atom. The average molecular weight is 320 g/mol. The lowest BCUT2D eigenvalue weighted by Crippen LogP contribution is -2.30. The number of hydrogen-bond acceptors (Lipinski definition) is 3. The molecule has 1 fully saturated rings. The number of aromatic amines is 1. The monoisotopic (exact) mass is 320 g/mol. The second-order valence-electron chi connectivity index (χ2n) is 6.21. The summed E-state index contributed by atoms with van der Waals surface area (Å²) in [6.45, 7) is 4.29. The van der Waals surface area contributed by atoms with E-state index >= 15 is 0 Å². The van der Waals surface area contributed by atoms with Crippen molar-refractivity contribution in [1.82, 2.24) is 9.71 Å². The van der Waals surface area contributed by atoms with Gasteiger partial charge in [-0.05, 0) is 61.3 Å². The van der Waals surface area contributed by atoms with Crippen molar-refractivity contribution in [3.63, 3.8) is 0 Å². The van der Waals surface area contributed by atoms with Crippen LogP contribution in [0.25, 0.3) is 10.9 Å². The lowest BCUT2D eigenvalue weighted by Gasteiger charge is -2.14. The molecule has 1 heterocycles. The predicted octanol–water partition coefficient (Wildman–Crippen LogP) is 2.31. The molecule has 2 aromatic rings. The van der Waals surface area contributed by atoms with Crippen LogP contribution in [0.2, 0.25) is 0 Å². The van der Waals surface area contributed by atoms with E-state index in [9.17, 15) is 13.2 Å². The molecular formula is C16H20N2O3S. The molecule has 0 spiro atoms. The molecule has 1 saturated carbocycles. The summed E-state index contributed by atoms with van der Waals surface area (Å²) < 4.78 is 27.6. The van der Waals surface area contributed by atoms with E-state index in [-0.39, 0.29) is 15.9 Å². The summed E-state index contributed by atoms with van der Waals surface area (Å²) in [7, 11) is -3.52. The summed E-state index contributed by atoms with van der Waals surface area (Å²) in [6.07, 6.45) is 3.17. The maximum Gasteiger partial charge on any atom is 0.251 e. The first kappa shape index (κ1) is 15.2. The number of aryl methyl sites for hydroxylation is 1. The molecule has 0 unspecified atom stereocenters. The van der Waals surface area contributed by atoms with Gasteiger partial charge in [-0.15, -0.1) is 0 Å². The third-order valence-corrected chi connectivity index (χ3v) is 6.05. The molecule has 22 heavy (non-hydrogen) atoms. The topological polar surface area (TPSA) is 79.0 Å². The van der Waals surface area contributed by atoms with Gasteiger partial charge < -0.3 is 4.98 Å². The van der Waals surface area contributed by atoms with Crippen molar-refractivity contribution in [3.05, 3.63) is 40.2 Å². The molecule has 1 aliphatic rings. The quantitative estimate of drug-likeness (QED) is 0.887. The van der Waals surface area contributed by atoms with Gasteiger partial charge in [-0.1, -0.05) is 6.92 Å². The summed E-state index contributed by atoms with van der Waals surface area (Å²) in [5, 5.41) is 0.719. The summed E-state index contributed by atoms with van der Waals surface area (Å²) >= 11 is 0. The van der Waals surface area contributed by atoms with E-state index in [1.54, 1.807) is 25.1 Å². The zero-order chi connectivity index (χ0) is 16.0. The van der Waals surface area contributed by atoms with Gasteiger partial charge in [0.2, 0.25) is 10.0 Å². The van der Waals surface area contributed by atoms with Gasteiger partial charge in [0.15, 0.2) is 0 Å². The Kier molecular flexibility index (Phi) is 3.61. The van der Waals surface area contributed by atoms with Crippen LogP contribution in [0.15, 0.2) is 34.0 Å². The number of fused-ring (bicyclic) bond motifs is 1. The zero-order valence-corrected chi connectivity index (χ0v) is 13.6. The Morgan fingerprint density at radius 2 is 2.00 bits per heavy atom. The largest absolute Gasteiger partial charge is 0.322 e. The number of H-pyrrole nitrogens is 1. The molecule has 1 aliphatic carbocycles. The number of nitrogens with one attached hydrogen (secondary N) is 2. The van der Waals surface area contributed by atoms with Gasteiger partial charge in [-0.25, -0.2) is 13.1 Å². The second-order valence-corrected chi connectivity index (χ2v) is 7.98. The standard InChI is InChI=1S/C16H20N2O3S/c1-3-16(6-7-16)10-17-22(20,21)13-4-5-14-12(9-13)8-11(2)15(19)18-14/h4-5,8-9,17H,3,6-7,10H2,1-2H3,(H,18,19). The molecular weight excluding hydrogens is 300 g/mol. The Balaban J connectivity index is 1.91. The van der Waals surface area contributed by atoms with Crippen LogP contribution in [0.4, 0.5) is 0 Å². The highest BCUT2D eigenvalue weighted by Gasteiger charge is 2.41. The number of pyridine rings is 1.